The van der Waals surface area contributed by atoms with Crippen LogP contribution in [0.2, 0.25) is 5.02 Å². The Balaban J connectivity index is 2.48. The van der Waals surface area contributed by atoms with Crippen molar-refractivity contribution in [1.29, 1.82) is 0 Å². The van der Waals surface area contributed by atoms with Crippen molar-refractivity contribution >= 4 is 33.4 Å². The average Bonchev–Trinajstić information content (AvgIpc) is 2.38. The smallest absolute Gasteiger partial charge is 0.0983 e. The predicted molar refractivity (Wildman–Crippen MR) is 80.9 cm³/mol. The van der Waals surface area contributed by atoms with Crippen LogP contribution in [0.4, 0.5) is 0 Å². The Hall–Kier alpha value is -1.67. The highest BCUT2D eigenvalue weighted by Crippen LogP contribution is 2.30. The summed E-state index contributed by atoms with van der Waals surface area (Å²) in [7, 11) is 0. The minimum Gasteiger partial charge on any atom is -0.251 e. The topological polar surface area (TPSA) is 25.8 Å². The number of halogens is 1. The van der Waals surface area contributed by atoms with Crippen molar-refractivity contribution in [3.05, 3.63) is 46.7 Å². The van der Waals surface area contributed by atoms with Gasteiger partial charge in [-0.2, -0.15) is 0 Å². The van der Waals surface area contributed by atoms with Crippen molar-refractivity contribution in [2.75, 3.05) is 0 Å². The lowest BCUT2D eigenvalue weighted by Gasteiger charge is -2.10. The zero-order valence-corrected chi connectivity index (χ0v) is 12.0. The fourth-order valence-electron chi connectivity index (χ4n) is 2.24. The highest BCUT2D eigenvalue weighted by atomic mass is 35.5. The number of rotatable bonds is 1. The fraction of sp³-hybridized carbons (Fsp3) is 0.250. The standard InChI is InChI=1S/C16H15ClN2/c1-9(2)14-8-13(17)12-7-6-11-5-4-10(3)18-15(11)16(12)19-14/h4-9H,1-3H3. The summed E-state index contributed by atoms with van der Waals surface area (Å²) in [5, 5.41) is 2.82. The number of hydrogen-bond acceptors (Lipinski definition) is 2. The van der Waals surface area contributed by atoms with Gasteiger partial charge >= 0.3 is 0 Å². The molecule has 3 aromatic rings. The minimum atomic E-state index is 0.349. The molecule has 0 radical (unpaired) electrons. The van der Waals surface area contributed by atoms with Gasteiger partial charge in [0, 0.05) is 22.2 Å². The summed E-state index contributed by atoms with van der Waals surface area (Å²) in [6, 6.07) is 10.1. The molecule has 0 N–H and O–H groups in total. The van der Waals surface area contributed by atoms with Gasteiger partial charge in [0.25, 0.3) is 0 Å². The number of aromatic nitrogens is 2. The van der Waals surface area contributed by atoms with E-state index in [1.807, 2.05) is 31.2 Å². The highest BCUT2D eigenvalue weighted by Gasteiger charge is 2.10. The first-order valence-corrected chi connectivity index (χ1v) is 6.80. The van der Waals surface area contributed by atoms with Crippen LogP contribution in [-0.4, -0.2) is 9.97 Å². The van der Waals surface area contributed by atoms with Crippen molar-refractivity contribution in [1.82, 2.24) is 9.97 Å². The lowest BCUT2D eigenvalue weighted by molar-refractivity contribution is 0.830. The molecular weight excluding hydrogens is 256 g/mol. The SMILES string of the molecule is Cc1ccc2ccc3c(Cl)cc(C(C)C)nc3c2n1. The van der Waals surface area contributed by atoms with E-state index in [0.29, 0.717) is 5.92 Å². The molecule has 0 aliphatic carbocycles. The molecule has 1 aromatic carbocycles. The second-order valence-electron chi connectivity index (χ2n) is 5.17. The third-order valence-corrected chi connectivity index (χ3v) is 3.65. The molecule has 19 heavy (non-hydrogen) atoms. The van der Waals surface area contributed by atoms with Crippen LogP contribution in [-0.2, 0) is 0 Å². The van der Waals surface area contributed by atoms with Gasteiger partial charge in [-0.15, -0.1) is 0 Å². The molecule has 0 bridgehead atoms. The van der Waals surface area contributed by atoms with E-state index in [0.717, 1.165) is 38.2 Å². The van der Waals surface area contributed by atoms with Gasteiger partial charge in [-0.1, -0.05) is 43.6 Å². The van der Waals surface area contributed by atoms with E-state index in [4.69, 9.17) is 16.6 Å². The van der Waals surface area contributed by atoms with Crippen molar-refractivity contribution < 1.29 is 0 Å². The molecule has 0 unspecified atom stereocenters. The predicted octanol–water partition coefficient (Wildman–Crippen LogP) is 4.87. The lowest BCUT2D eigenvalue weighted by Crippen LogP contribution is -1.95. The quantitative estimate of drug-likeness (QED) is 0.590. The first-order valence-electron chi connectivity index (χ1n) is 6.43. The molecule has 3 rings (SSSR count). The van der Waals surface area contributed by atoms with E-state index in [1.54, 1.807) is 0 Å². The number of aryl methyl sites for hydroxylation is 1. The van der Waals surface area contributed by atoms with E-state index in [1.165, 1.54) is 0 Å². The molecule has 2 heterocycles. The Labute approximate surface area is 117 Å². The van der Waals surface area contributed by atoms with Gasteiger partial charge in [-0.05, 0) is 25.0 Å². The molecule has 0 spiro atoms. The Kier molecular flexibility index (Phi) is 2.90. The Morgan fingerprint density at radius 3 is 2.47 bits per heavy atom. The first kappa shape index (κ1) is 12.4. The summed E-state index contributed by atoms with van der Waals surface area (Å²) in [4.78, 5) is 9.38. The van der Waals surface area contributed by atoms with Gasteiger partial charge in [-0.25, -0.2) is 0 Å². The number of hydrogen-bond donors (Lipinski definition) is 0. The van der Waals surface area contributed by atoms with E-state index in [2.05, 4.69) is 24.9 Å². The number of pyridine rings is 2. The Morgan fingerprint density at radius 2 is 1.74 bits per heavy atom. The minimum absolute atomic E-state index is 0.349. The summed E-state index contributed by atoms with van der Waals surface area (Å²) < 4.78 is 0. The number of benzene rings is 1. The highest BCUT2D eigenvalue weighted by molar-refractivity contribution is 6.36. The van der Waals surface area contributed by atoms with Crippen LogP contribution in [0.3, 0.4) is 0 Å². The number of fused-ring (bicyclic) bond motifs is 3. The fourth-order valence-corrected chi connectivity index (χ4v) is 2.51. The summed E-state index contributed by atoms with van der Waals surface area (Å²) in [6.45, 7) is 6.23. The summed E-state index contributed by atoms with van der Waals surface area (Å²) in [6.07, 6.45) is 0. The van der Waals surface area contributed by atoms with Gasteiger partial charge < -0.3 is 0 Å². The maximum atomic E-state index is 6.38. The largest absolute Gasteiger partial charge is 0.251 e. The first-order chi connectivity index (χ1) is 9.06. The molecule has 96 valence electrons. The maximum absolute atomic E-state index is 6.38. The molecule has 0 atom stereocenters. The molecule has 0 aliphatic rings. The monoisotopic (exact) mass is 270 g/mol. The average molecular weight is 271 g/mol. The van der Waals surface area contributed by atoms with Gasteiger partial charge in [0.15, 0.2) is 0 Å². The number of nitrogens with zero attached hydrogens (tertiary/aromatic N) is 2. The zero-order chi connectivity index (χ0) is 13.6. The molecule has 0 fully saturated rings. The van der Waals surface area contributed by atoms with Crippen LogP contribution in [0, 0.1) is 6.92 Å². The molecule has 0 amide bonds. The van der Waals surface area contributed by atoms with Gasteiger partial charge in [0.1, 0.15) is 0 Å². The lowest BCUT2D eigenvalue weighted by atomic mass is 10.1. The van der Waals surface area contributed by atoms with Crippen LogP contribution in [0.1, 0.15) is 31.2 Å². The van der Waals surface area contributed by atoms with E-state index < -0.39 is 0 Å². The van der Waals surface area contributed by atoms with E-state index in [9.17, 15) is 0 Å². The maximum Gasteiger partial charge on any atom is 0.0983 e. The van der Waals surface area contributed by atoms with Crippen LogP contribution in [0.15, 0.2) is 30.3 Å². The normalized spacial score (nSPS) is 11.6. The summed E-state index contributed by atoms with van der Waals surface area (Å²) in [5.74, 6) is 0.349. The van der Waals surface area contributed by atoms with Crippen LogP contribution in [0.5, 0.6) is 0 Å². The zero-order valence-electron chi connectivity index (χ0n) is 11.2. The van der Waals surface area contributed by atoms with Gasteiger partial charge in [0.05, 0.1) is 16.1 Å². The second-order valence-corrected chi connectivity index (χ2v) is 5.58. The summed E-state index contributed by atoms with van der Waals surface area (Å²) >= 11 is 6.38. The van der Waals surface area contributed by atoms with Crippen LogP contribution in [0.25, 0.3) is 21.8 Å². The van der Waals surface area contributed by atoms with Gasteiger partial charge in [0.2, 0.25) is 0 Å². The third-order valence-electron chi connectivity index (χ3n) is 3.34. The van der Waals surface area contributed by atoms with E-state index >= 15 is 0 Å². The molecule has 0 saturated carbocycles. The molecule has 0 aliphatic heterocycles. The molecule has 0 saturated heterocycles. The Bertz CT molecular complexity index is 778. The van der Waals surface area contributed by atoms with Crippen molar-refractivity contribution in [2.24, 2.45) is 0 Å². The third kappa shape index (κ3) is 2.06. The Morgan fingerprint density at radius 1 is 1.00 bits per heavy atom. The van der Waals surface area contributed by atoms with E-state index in [-0.39, 0.29) is 0 Å². The van der Waals surface area contributed by atoms with Crippen molar-refractivity contribution in [2.45, 2.75) is 26.7 Å². The molecular formula is C16H15ClN2. The van der Waals surface area contributed by atoms with Crippen LogP contribution < -0.4 is 0 Å². The molecule has 2 aromatic heterocycles. The molecule has 3 heteroatoms. The van der Waals surface area contributed by atoms with Crippen molar-refractivity contribution in [3.63, 3.8) is 0 Å². The summed E-state index contributed by atoms with van der Waals surface area (Å²) in [5.41, 5.74) is 3.83. The van der Waals surface area contributed by atoms with Gasteiger partial charge in [-0.3, -0.25) is 9.97 Å². The van der Waals surface area contributed by atoms with Crippen molar-refractivity contribution in [3.8, 4) is 0 Å². The van der Waals surface area contributed by atoms with Crippen LogP contribution >= 0.6 is 11.6 Å². The molecule has 2 nitrogen and oxygen atoms in total. The second kappa shape index (κ2) is 4.46.